The summed E-state index contributed by atoms with van der Waals surface area (Å²) in [5, 5.41) is 4.15. The van der Waals surface area contributed by atoms with Crippen molar-refractivity contribution in [2.75, 3.05) is 26.2 Å². The molecule has 0 aliphatic carbocycles. The maximum Gasteiger partial charge on any atom is 0.405 e. The highest BCUT2D eigenvalue weighted by atomic mass is 19.4. The van der Waals surface area contributed by atoms with E-state index in [-0.39, 0.29) is 25.5 Å². The summed E-state index contributed by atoms with van der Waals surface area (Å²) in [6, 6.07) is -0.873. The smallest absolute Gasteiger partial charge is 0.353 e. The second-order valence-electron chi connectivity index (χ2n) is 3.05. The molecule has 1 aliphatic heterocycles. The molecule has 2 N–H and O–H groups in total. The zero-order valence-electron chi connectivity index (χ0n) is 7.73. The van der Waals surface area contributed by atoms with Crippen LogP contribution in [-0.2, 0) is 4.79 Å². The SMILES string of the molecule is O=C1CN(C(=O)NCC(F)(F)F)CCN1. The number of halogens is 3. The second-order valence-corrected chi connectivity index (χ2v) is 3.05. The lowest BCUT2D eigenvalue weighted by molar-refractivity contribution is -0.124. The van der Waals surface area contributed by atoms with E-state index in [0.717, 1.165) is 4.90 Å². The van der Waals surface area contributed by atoms with Crippen molar-refractivity contribution in [3.05, 3.63) is 0 Å². The summed E-state index contributed by atoms with van der Waals surface area (Å²) in [7, 11) is 0. The number of nitrogens with one attached hydrogen (secondary N) is 2. The number of piperazine rings is 1. The Morgan fingerprint density at radius 2 is 2.20 bits per heavy atom. The highest BCUT2D eigenvalue weighted by Crippen LogP contribution is 2.12. The topological polar surface area (TPSA) is 61.4 Å². The van der Waals surface area contributed by atoms with Crippen molar-refractivity contribution in [2.24, 2.45) is 0 Å². The van der Waals surface area contributed by atoms with Gasteiger partial charge in [-0.05, 0) is 0 Å². The third-order valence-electron chi connectivity index (χ3n) is 1.77. The Labute approximate surface area is 83.6 Å². The molecule has 0 radical (unpaired) electrons. The van der Waals surface area contributed by atoms with Crippen LogP contribution in [0.5, 0.6) is 0 Å². The van der Waals surface area contributed by atoms with Gasteiger partial charge in [0.1, 0.15) is 13.1 Å². The minimum atomic E-state index is -4.44. The van der Waals surface area contributed by atoms with Gasteiger partial charge in [0, 0.05) is 13.1 Å². The van der Waals surface area contributed by atoms with Crippen molar-refractivity contribution in [3.63, 3.8) is 0 Å². The van der Waals surface area contributed by atoms with E-state index in [2.05, 4.69) is 5.32 Å². The van der Waals surface area contributed by atoms with Crippen LogP contribution >= 0.6 is 0 Å². The molecular weight excluding hydrogens is 215 g/mol. The summed E-state index contributed by atoms with van der Waals surface area (Å²) in [4.78, 5) is 23.0. The number of nitrogens with zero attached hydrogens (tertiary/aromatic N) is 1. The van der Waals surface area contributed by atoms with Crippen molar-refractivity contribution in [3.8, 4) is 0 Å². The number of rotatable bonds is 1. The van der Waals surface area contributed by atoms with Crippen LogP contribution in [0.15, 0.2) is 0 Å². The molecule has 5 nitrogen and oxygen atoms in total. The minimum absolute atomic E-state index is 0.205. The van der Waals surface area contributed by atoms with Crippen LogP contribution < -0.4 is 10.6 Å². The van der Waals surface area contributed by atoms with E-state index in [0.29, 0.717) is 0 Å². The van der Waals surface area contributed by atoms with Crippen molar-refractivity contribution in [2.45, 2.75) is 6.18 Å². The number of hydrogen-bond donors (Lipinski definition) is 2. The van der Waals surface area contributed by atoms with Gasteiger partial charge in [0.2, 0.25) is 5.91 Å². The fraction of sp³-hybridized carbons (Fsp3) is 0.714. The van der Waals surface area contributed by atoms with E-state index in [1.807, 2.05) is 0 Å². The van der Waals surface area contributed by atoms with Gasteiger partial charge in [0.15, 0.2) is 0 Å². The first-order valence-electron chi connectivity index (χ1n) is 4.25. The average Bonchev–Trinajstić information content (AvgIpc) is 2.13. The van der Waals surface area contributed by atoms with Gasteiger partial charge in [-0.25, -0.2) is 4.79 Å². The van der Waals surface area contributed by atoms with Gasteiger partial charge in [-0.3, -0.25) is 4.79 Å². The average molecular weight is 225 g/mol. The van der Waals surface area contributed by atoms with Gasteiger partial charge < -0.3 is 15.5 Å². The summed E-state index contributed by atoms with van der Waals surface area (Å²) in [6.07, 6.45) is -4.44. The van der Waals surface area contributed by atoms with E-state index in [1.165, 1.54) is 0 Å². The molecule has 0 saturated carbocycles. The molecule has 1 fully saturated rings. The van der Waals surface area contributed by atoms with Crippen LogP contribution in [-0.4, -0.2) is 49.2 Å². The lowest BCUT2D eigenvalue weighted by Crippen LogP contribution is -2.53. The number of hydrogen-bond acceptors (Lipinski definition) is 2. The van der Waals surface area contributed by atoms with Crippen LogP contribution in [0, 0.1) is 0 Å². The van der Waals surface area contributed by atoms with Gasteiger partial charge >= 0.3 is 12.2 Å². The van der Waals surface area contributed by atoms with E-state index in [1.54, 1.807) is 5.32 Å². The molecule has 0 aromatic carbocycles. The summed E-state index contributed by atoms with van der Waals surface area (Å²) >= 11 is 0. The molecular formula is C7H10F3N3O2. The Bertz CT molecular complexity index is 267. The maximum atomic E-state index is 11.7. The number of alkyl halides is 3. The fourth-order valence-corrected chi connectivity index (χ4v) is 1.10. The van der Waals surface area contributed by atoms with Gasteiger partial charge in [-0.15, -0.1) is 0 Å². The first kappa shape index (κ1) is 11.6. The molecule has 1 saturated heterocycles. The fourth-order valence-electron chi connectivity index (χ4n) is 1.10. The van der Waals surface area contributed by atoms with Crippen molar-refractivity contribution < 1.29 is 22.8 Å². The molecule has 0 atom stereocenters. The highest BCUT2D eigenvalue weighted by molar-refractivity contribution is 5.85. The van der Waals surface area contributed by atoms with E-state index in [4.69, 9.17) is 0 Å². The number of amides is 3. The maximum absolute atomic E-state index is 11.7. The Balaban J connectivity index is 2.36. The number of carbonyl (C=O) groups excluding carboxylic acids is 2. The Morgan fingerprint density at radius 3 is 2.73 bits per heavy atom. The van der Waals surface area contributed by atoms with Gasteiger partial charge in [-0.1, -0.05) is 0 Å². The lowest BCUT2D eigenvalue weighted by Gasteiger charge is -2.26. The molecule has 0 bridgehead atoms. The van der Waals surface area contributed by atoms with Crippen molar-refractivity contribution in [1.29, 1.82) is 0 Å². The number of carbonyl (C=O) groups is 2. The molecule has 0 aromatic heterocycles. The first-order valence-corrected chi connectivity index (χ1v) is 4.25. The van der Waals surface area contributed by atoms with Crippen LogP contribution in [0.25, 0.3) is 0 Å². The molecule has 1 rings (SSSR count). The summed E-state index contributed by atoms with van der Waals surface area (Å²) in [5.41, 5.74) is 0. The Morgan fingerprint density at radius 1 is 1.53 bits per heavy atom. The number of urea groups is 1. The van der Waals surface area contributed by atoms with Crippen LogP contribution in [0.2, 0.25) is 0 Å². The zero-order chi connectivity index (χ0) is 11.5. The second kappa shape index (κ2) is 4.37. The van der Waals surface area contributed by atoms with Crippen LogP contribution in [0.3, 0.4) is 0 Å². The zero-order valence-corrected chi connectivity index (χ0v) is 7.73. The highest BCUT2D eigenvalue weighted by Gasteiger charge is 2.29. The molecule has 1 heterocycles. The van der Waals surface area contributed by atoms with E-state index < -0.39 is 18.8 Å². The molecule has 0 aromatic rings. The van der Waals surface area contributed by atoms with Gasteiger partial charge in [0.05, 0.1) is 0 Å². The Kier molecular flexibility index (Phi) is 3.38. The molecule has 15 heavy (non-hydrogen) atoms. The quantitative estimate of drug-likeness (QED) is 0.643. The molecule has 1 aliphatic rings. The first-order chi connectivity index (χ1) is 6.88. The summed E-state index contributed by atoms with van der Waals surface area (Å²) in [5.74, 6) is -0.372. The molecule has 3 amide bonds. The van der Waals surface area contributed by atoms with E-state index in [9.17, 15) is 22.8 Å². The molecule has 0 spiro atoms. The summed E-state index contributed by atoms with van der Waals surface area (Å²) in [6.45, 7) is -1.11. The predicted octanol–water partition coefficient (Wildman–Crippen LogP) is -0.310. The predicted molar refractivity (Wildman–Crippen MR) is 44.0 cm³/mol. The van der Waals surface area contributed by atoms with Crippen LogP contribution in [0.4, 0.5) is 18.0 Å². The molecule has 0 unspecified atom stereocenters. The normalized spacial score (nSPS) is 17.3. The van der Waals surface area contributed by atoms with Crippen molar-refractivity contribution >= 4 is 11.9 Å². The van der Waals surface area contributed by atoms with E-state index >= 15 is 0 Å². The van der Waals surface area contributed by atoms with Gasteiger partial charge in [-0.2, -0.15) is 13.2 Å². The standard InChI is InChI=1S/C7H10F3N3O2/c8-7(9,10)4-12-6(15)13-2-1-11-5(14)3-13/h1-4H2,(H,11,14)(H,12,15). The summed E-state index contributed by atoms with van der Waals surface area (Å²) < 4.78 is 35.2. The molecule has 86 valence electrons. The largest absolute Gasteiger partial charge is 0.405 e. The monoisotopic (exact) mass is 225 g/mol. The minimum Gasteiger partial charge on any atom is -0.353 e. The third kappa shape index (κ3) is 4.05. The van der Waals surface area contributed by atoms with Crippen molar-refractivity contribution in [1.82, 2.24) is 15.5 Å². The Hall–Kier alpha value is -1.47. The van der Waals surface area contributed by atoms with Crippen LogP contribution in [0.1, 0.15) is 0 Å². The lowest BCUT2D eigenvalue weighted by atomic mass is 10.4. The molecule has 8 heteroatoms. The van der Waals surface area contributed by atoms with Gasteiger partial charge in [0.25, 0.3) is 0 Å². The third-order valence-corrected chi connectivity index (χ3v) is 1.77.